The number of hydrogen-bond acceptors (Lipinski definition) is 4. The van der Waals surface area contributed by atoms with Crippen LogP contribution in [0.4, 0.5) is 5.69 Å². The largest absolute Gasteiger partial charge is 0.372 e. The molecule has 1 saturated heterocycles. The molecule has 0 bridgehead atoms. The minimum Gasteiger partial charge on any atom is -0.372 e. The fourth-order valence-electron chi connectivity index (χ4n) is 3.79. The minimum absolute atomic E-state index is 0. The summed E-state index contributed by atoms with van der Waals surface area (Å²) in [6, 6.07) is 9.02. The molecule has 2 aromatic rings. The number of nitrogens with one attached hydrogen (secondary N) is 1. The molecule has 0 amide bonds. The molecule has 0 saturated carbocycles. The molecule has 5 nitrogen and oxygen atoms in total. The summed E-state index contributed by atoms with van der Waals surface area (Å²) in [4.78, 5) is 15.0. The van der Waals surface area contributed by atoms with E-state index in [9.17, 15) is 0 Å². The van der Waals surface area contributed by atoms with Gasteiger partial charge < -0.3 is 15.1 Å². The predicted octanol–water partition coefficient (Wildman–Crippen LogP) is 4.62. The van der Waals surface area contributed by atoms with Gasteiger partial charge in [0.15, 0.2) is 5.96 Å². The van der Waals surface area contributed by atoms with Crippen LogP contribution in [0.25, 0.3) is 0 Å². The Morgan fingerprint density at radius 3 is 2.45 bits per heavy atom. The van der Waals surface area contributed by atoms with Crippen molar-refractivity contribution in [3.05, 3.63) is 45.4 Å². The van der Waals surface area contributed by atoms with Crippen molar-refractivity contribution in [3.8, 4) is 0 Å². The molecule has 0 radical (unpaired) electrons. The van der Waals surface area contributed by atoms with E-state index in [1.165, 1.54) is 48.5 Å². The van der Waals surface area contributed by atoms with Crippen LogP contribution in [0.5, 0.6) is 0 Å². The minimum atomic E-state index is 0. The van der Waals surface area contributed by atoms with Gasteiger partial charge in [-0.15, -0.1) is 35.3 Å². The Morgan fingerprint density at radius 2 is 1.86 bits per heavy atom. The molecule has 160 valence electrons. The second-order valence-electron chi connectivity index (χ2n) is 7.54. The highest BCUT2D eigenvalue weighted by Crippen LogP contribution is 2.21. The van der Waals surface area contributed by atoms with E-state index in [2.05, 4.69) is 70.3 Å². The molecular weight excluding hydrogens is 493 g/mol. The van der Waals surface area contributed by atoms with Crippen molar-refractivity contribution in [2.75, 3.05) is 38.6 Å². The van der Waals surface area contributed by atoms with Crippen LogP contribution in [-0.2, 0) is 13.0 Å². The molecule has 1 aromatic heterocycles. The SMILES string of the molecule is CN=C(NCCc1sc(C)nc1C)N(C)Cc1ccc(N2CCCCC2)cc1.I. The second kappa shape index (κ2) is 11.7. The van der Waals surface area contributed by atoms with Gasteiger partial charge in [-0.05, 0) is 50.8 Å². The van der Waals surface area contributed by atoms with E-state index in [1.54, 1.807) is 11.3 Å². The van der Waals surface area contributed by atoms with Crippen molar-refractivity contribution >= 4 is 47.0 Å². The molecule has 0 atom stereocenters. The summed E-state index contributed by atoms with van der Waals surface area (Å²) in [6.45, 7) is 8.25. The maximum Gasteiger partial charge on any atom is 0.193 e. The topological polar surface area (TPSA) is 43.8 Å². The quantitative estimate of drug-likeness (QED) is 0.339. The molecule has 0 unspecified atom stereocenters. The first-order chi connectivity index (χ1) is 13.6. The number of aliphatic imine (C=N–C) groups is 1. The molecule has 0 aliphatic carbocycles. The van der Waals surface area contributed by atoms with E-state index in [-0.39, 0.29) is 24.0 Å². The first-order valence-corrected chi connectivity index (χ1v) is 11.1. The van der Waals surface area contributed by atoms with Gasteiger partial charge in [-0.2, -0.15) is 0 Å². The number of aryl methyl sites for hydroxylation is 2. The summed E-state index contributed by atoms with van der Waals surface area (Å²) in [7, 11) is 3.94. The molecule has 1 N–H and O–H groups in total. The van der Waals surface area contributed by atoms with Gasteiger partial charge in [-0.3, -0.25) is 4.99 Å². The molecule has 3 rings (SSSR count). The lowest BCUT2D eigenvalue weighted by Gasteiger charge is -2.29. The van der Waals surface area contributed by atoms with Gasteiger partial charge >= 0.3 is 0 Å². The number of benzene rings is 1. The summed E-state index contributed by atoms with van der Waals surface area (Å²) in [5.74, 6) is 0.930. The van der Waals surface area contributed by atoms with Crippen molar-refractivity contribution in [2.45, 2.75) is 46.1 Å². The third-order valence-electron chi connectivity index (χ3n) is 5.29. The number of anilines is 1. The normalized spacial score (nSPS) is 14.5. The number of halogens is 1. The molecule has 29 heavy (non-hydrogen) atoms. The number of aromatic nitrogens is 1. The highest BCUT2D eigenvalue weighted by molar-refractivity contribution is 14.0. The number of rotatable bonds is 6. The average Bonchev–Trinajstić information content (AvgIpc) is 3.03. The van der Waals surface area contributed by atoms with Crippen LogP contribution in [0.15, 0.2) is 29.3 Å². The first kappa shape index (κ1) is 23.9. The summed E-state index contributed by atoms with van der Waals surface area (Å²) >= 11 is 1.79. The Labute approximate surface area is 196 Å². The maximum absolute atomic E-state index is 4.51. The first-order valence-electron chi connectivity index (χ1n) is 10.3. The van der Waals surface area contributed by atoms with Gasteiger partial charge in [0, 0.05) is 57.3 Å². The maximum atomic E-state index is 4.51. The Kier molecular flexibility index (Phi) is 9.68. The zero-order chi connectivity index (χ0) is 19.9. The molecule has 2 heterocycles. The van der Waals surface area contributed by atoms with E-state index in [1.807, 2.05) is 7.05 Å². The second-order valence-corrected chi connectivity index (χ2v) is 8.82. The van der Waals surface area contributed by atoms with Crippen LogP contribution < -0.4 is 10.2 Å². The van der Waals surface area contributed by atoms with Gasteiger partial charge in [0.05, 0.1) is 10.7 Å². The molecule has 0 spiro atoms. The van der Waals surface area contributed by atoms with E-state index in [0.717, 1.165) is 36.2 Å². The Hall–Kier alpha value is -1.35. The standard InChI is InChI=1S/C22H33N5S.HI/c1-17-21(28-18(2)25-17)12-13-24-22(23-3)26(4)16-19-8-10-20(11-9-19)27-14-6-5-7-15-27;/h8-11H,5-7,12-16H2,1-4H3,(H,23,24);1H. The highest BCUT2D eigenvalue weighted by Gasteiger charge is 2.12. The highest BCUT2D eigenvalue weighted by atomic mass is 127. The summed E-state index contributed by atoms with van der Waals surface area (Å²) in [6.07, 6.45) is 4.97. The van der Waals surface area contributed by atoms with Crippen LogP contribution >= 0.6 is 35.3 Å². The molecule has 1 fully saturated rings. The molecule has 1 aliphatic rings. The number of guanidine groups is 1. The summed E-state index contributed by atoms with van der Waals surface area (Å²) in [5, 5.41) is 4.62. The van der Waals surface area contributed by atoms with E-state index in [0.29, 0.717) is 0 Å². The van der Waals surface area contributed by atoms with Crippen molar-refractivity contribution in [2.24, 2.45) is 4.99 Å². The van der Waals surface area contributed by atoms with Crippen LogP contribution in [0.3, 0.4) is 0 Å². The summed E-state index contributed by atoms with van der Waals surface area (Å²) in [5.41, 5.74) is 3.81. The average molecular weight is 528 g/mol. The third-order valence-corrected chi connectivity index (χ3v) is 6.42. The fraction of sp³-hybridized carbons (Fsp3) is 0.545. The smallest absolute Gasteiger partial charge is 0.193 e. The van der Waals surface area contributed by atoms with Crippen LogP contribution in [-0.4, -0.2) is 49.6 Å². The molecule has 7 heteroatoms. The number of hydrogen-bond donors (Lipinski definition) is 1. The van der Waals surface area contributed by atoms with Crippen molar-refractivity contribution in [1.82, 2.24) is 15.2 Å². The van der Waals surface area contributed by atoms with Crippen molar-refractivity contribution < 1.29 is 0 Å². The lowest BCUT2D eigenvalue weighted by atomic mass is 10.1. The van der Waals surface area contributed by atoms with Gasteiger partial charge in [-0.1, -0.05) is 12.1 Å². The monoisotopic (exact) mass is 527 g/mol. The van der Waals surface area contributed by atoms with Crippen LogP contribution in [0.1, 0.15) is 40.4 Å². The third kappa shape index (κ3) is 6.84. The van der Waals surface area contributed by atoms with Gasteiger partial charge in [0.1, 0.15) is 0 Å². The predicted molar refractivity (Wildman–Crippen MR) is 136 cm³/mol. The van der Waals surface area contributed by atoms with Crippen LogP contribution in [0.2, 0.25) is 0 Å². The van der Waals surface area contributed by atoms with Gasteiger partial charge in [0.25, 0.3) is 0 Å². The number of nitrogens with zero attached hydrogens (tertiary/aromatic N) is 4. The molecule has 1 aliphatic heterocycles. The zero-order valence-electron chi connectivity index (χ0n) is 18.1. The Bertz CT molecular complexity index is 781. The zero-order valence-corrected chi connectivity index (χ0v) is 21.2. The molecule has 1 aromatic carbocycles. The number of thiazole rings is 1. The lowest BCUT2D eigenvalue weighted by molar-refractivity contribution is 0.477. The fourth-order valence-corrected chi connectivity index (χ4v) is 4.73. The van der Waals surface area contributed by atoms with Crippen LogP contribution in [0, 0.1) is 13.8 Å². The van der Waals surface area contributed by atoms with Crippen molar-refractivity contribution in [3.63, 3.8) is 0 Å². The van der Waals surface area contributed by atoms with Gasteiger partial charge in [-0.25, -0.2) is 4.98 Å². The van der Waals surface area contributed by atoms with E-state index in [4.69, 9.17) is 0 Å². The van der Waals surface area contributed by atoms with Gasteiger partial charge in [0.2, 0.25) is 0 Å². The van der Waals surface area contributed by atoms with Crippen molar-refractivity contribution in [1.29, 1.82) is 0 Å². The Morgan fingerprint density at radius 1 is 1.17 bits per heavy atom. The summed E-state index contributed by atoms with van der Waals surface area (Å²) < 4.78 is 0. The van der Waals surface area contributed by atoms with E-state index < -0.39 is 0 Å². The number of piperidine rings is 1. The molecular formula is C22H34IN5S. The van der Waals surface area contributed by atoms with E-state index >= 15 is 0 Å². The lowest BCUT2D eigenvalue weighted by Crippen LogP contribution is -2.39. The Balaban J connectivity index is 0.00000300.